The maximum Gasteiger partial charge on any atom is 0.144 e. The van der Waals surface area contributed by atoms with Gasteiger partial charge in [0, 0.05) is 19.8 Å². The van der Waals surface area contributed by atoms with Crippen molar-refractivity contribution in [3.05, 3.63) is 35.2 Å². The molecule has 0 atom stereocenters. The number of aryl methyl sites for hydroxylation is 3. The van der Waals surface area contributed by atoms with Gasteiger partial charge in [-0.3, -0.25) is 4.68 Å². The Hall–Kier alpha value is -2.61. The van der Waals surface area contributed by atoms with Gasteiger partial charge in [0.05, 0.1) is 33.9 Å². The number of hydrogen-bond donors (Lipinski definition) is 0. The summed E-state index contributed by atoms with van der Waals surface area (Å²) >= 11 is 0. The fourth-order valence-electron chi connectivity index (χ4n) is 2.58. The third kappa shape index (κ3) is 1.62. The van der Waals surface area contributed by atoms with E-state index in [1.165, 1.54) is 0 Å². The highest BCUT2D eigenvalue weighted by Crippen LogP contribution is 2.28. The largest absolute Gasteiger partial charge is 0.327 e. The Labute approximate surface area is 117 Å². The van der Waals surface area contributed by atoms with Crippen molar-refractivity contribution >= 4 is 11.0 Å². The number of imidazole rings is 1. The quantitative estimate of drug-likeness (QED) is 0.679. The molecule has 0 bridgehead atoms. The number of nitrogens with zero attached hydrogens (tertiary/aromatic N) is 5. The van der Waals surface area contributed by atoms with Crippen molar-refractivity contribution in [1.29, 1.82) is 5.26 Å². The zero-order valence-electron chi connectivity index (χ0n) is 12.0. The molecule has 20 heavy (non-hydrogen) atoms. The van der Waals surface area contributed by atoms with E-state index in [-0.39, 0.29) is 0 Å². The fourth-order valence-corrected chi connectivity index (χ4v) is 2.58. The molecule has 1 aromatic carbocycles. The molecule has 0 aliphatic carbocycles. The number of aromatic nitrogens is 4. The summed E-state index contributed by atoms with van der Waals surface area (Å²) < 4.78 is 3.89. The van der Waals surface area contributed by atoms with Crippen LogP contribution in [-0.2, 0) is 14.1 Å². The molecule has 100 valence electrons. The fraction of sp³-hybridized carbons (Fsp3) is 0.267. The molecule has 0 aliphatic heterocycles. The maximum absolute atomic E-state index is 9.01. The van der Waals surface area contributed by atoms with Crippen LogP contribution in [0.15, 0.2) is 18.2 Å². The smallest absolute Gasteiger partial charge is 0.144 e. The van der Waals surface area contributed by atoms with Gasteiger partial charge in [0.2, 0.25) is 0 Å². The minimum Gasteiger partial charge on any atom is -0.327 e. The lowest BCUT2D eigenvalue weighted by Gasteiger charge is -2.03. The van der Waals surface area contributed by atoms with Crippen LogP contribution in [0.4, 0.5) is 0 Å². The zero-order valence-corrected chi connectivity index (χ0v) is 12.0. The number of benzene rings is 1. The summed E-state index contributed by atoms with van der Waals surface area (Å²) in [6, 6.07) is 7.71. The highest BCUT2D eigenvalue weighted by molar-refractivity contribution is 5.82. The number of rotatable bonds is 1. The Morgan fingerprint density at radius 1 is 1.20 bits per heavy atom. The summed E-state index contributed by atoms with van der Waals surface area (Å²) in [6.45, 7) is 4.03. The van der Waals surface area contributed by atoms with E-state index in [4.69, 9.17) is 10.2 Å². The van der Waals surface area contributed by atoms with Gasteiger partial charge >= 0.3 is 0 Å². The van der Waals surface area contributed by atoms with Crippen LogP contribution < -0.4 is 0 Å². The minimum atomic E-state index is 0.645. The first-order chi connectivity index (χ1) is 9.52. The Morgan fingerprint density at radius 2 is 1.95 bits per heavy atom. The average Bonchev–Trinajstić information content (AvgIpc) is 2.87. The molecule has 3 aromatic rings. The van der Waals surface area contributed by atoms with Gasteiger partial charge in [-0.25, -0.2) is 4.98 Å². The van der Waals surface area contributed by atoms with Crippen molar-refractivity contribution in [1.82, 2.24) is 19.3 Å². The first kappa shape index (κ1) is 12.4. The van der Waals surface area contributed by atoms with Gasteiger partial charge in [0.15, 0.2) is 0 Å². The monoisotopic (exact) mass is 265 g/mol. The summed E-state index contributed by atoms with van der Waals surface area (Å²) in [4.78, 5) is 4.69. The van der Waals surface area contributed by atoms with Crippen LogP contribution in [-0.4, -0.2) is 19.3 Å². The molecule has 0 radical (unpaired) electrons. The lowest BCUT2D eigenvalue weighted by molar-refractivity contribution is 0.731. The Morgan fingerprint density at radius 3 is 2.55 bits per heavy atom. The predicted molar refractivity (Wildman–Crippen MR) is 77.1 cm³/mol. The Balaban J connectivity index is 2.33. The standard InChI is InChI=1S/C15H15N5/c1-9-14(10(2)20(4)18-9)15-17-12-6-5-11(8-16)7-13(12)19(15)3/h5-7H,1-4H3. The van der Waals surface area contributed by atoms with Gasteiger partial charge in [-0.2, -0.15) is 10.4 Å². The second kappa shape index (κ2) is 4.20. The van der Waals surface area contributed by atoms with E-state index in [0.29, 0.717) is 5.56 Å². The van der Waals surface area contributed by atoms with Crippen molar-refractivity contribution in [3.8, 4) is 17.5 Å². The van der Waals surface area contributed by atoms with Crippen molar-refractivity contribution < 1.29 is 0 Å². The molecule has 5 nitrogen and oxygen atoms in total. The van der Waals surface area contributed by atoms with Gasteiger partial charge in [-0.1, -0.05) is 0 Å². The number of hydrogen-bond acceptors (Lipinski definition) is 3. The van der Waals surface area contributed by atoms with Crippen LogP contribution in [0.1, 0.15) is 17.0 Å². The molecular formula is C15H15N5. The van der Waals surface area contributed by atoms with E-state index in [0.717, 1.165) is 33.8 Å². The third-order valence-corrected chi connectivity index (χ3v) is 3.74. The zero-order chi connectivity index (χ0) is 14.4. The molecule has 2 heterocycles. The van der Waals surface area contributed by atoms with Crippen LogP contribution in [0, 0.1) is 25.2 Å². The van der Waals surface area contributed by atoms with Gasteiger partial charge < -0.3 is 4.57 Å². The second-order valence-electron chi connectivity index (χ2n) is 4.98. The van der Waals surface area contributed by atoms with E-state index in [1.807, 2.05) is 49.3 Å². The average molecular weight is 265 g/mol. The molecule has 0 spiro atoms. The van der Waals surface area contributed by atoms with Crippen molar-refractivity contribution in [2.45, 2.75) is 13.8 Å². The van der Waals surface area contributed by atoms with Crippen molar-refractivity contribution in [3.63, 3.8) is 0 Å². The first-order valence-electron chi connectivity index (χ1n) is 6.40. The molecular weight excluding hydrogens is 250 g/mol. The summed E-state index contributed by atoms with van der Waals surface area (Å²) in [5, 5.41) is 13.5. The van der Waals surface area contributed by atoms with Crippen LogP contribution >= 0.6 is 0 Å². The van der Waals surface area contributed by atoms with Crippen LogP contribution in [0.2, 0.25) is 0 Å². The second-order valence-corrected chi connectivity index (χ2v) is 4.98. The van der Waals surface area contributed by atoms with Crippen LogP contribution in [0.5, 0.6) is 0 Å². The molecule has 5 heteroatoms. The van der Waals surface area contributed by atoms with Crippen LogP contribution in [0.3, 0.4) is 0 Å². The Kier molecular flexibility index (Phi) is 2.61. The highest BCUT2D eigenvalue weighted by Gasteiger charge is 2.18. The first-order valence-corrected chi connectivity index (χ1v) is 6.40. The third-order valence-electron chi connectivity index (χ3n) is 3.74. The lowest BCUT2D eigenvalue weighted by Crippen LogP contribution is -1.96. The molecule has 0 N–H and O–H groups in total. The van der Waals surface area contributed by atoms with Gasteiger partial charge in [-0.15, -0.1) is 0 Å². The molecule has 0 unspecified atom stereocenters. The summed E-state index contributed by atoms with van der Waals surface area (Å²) in [6.07, 6.45) is 0. The van der Waals surface area contributed by atoms with Gasteiger partial charge in [0.25, 0.3) is 0 Å². The SMILES string of the molecule is Cc1nn(C)c(C)c1-c1nc2ccc(C#N)cc2n1C. The van der Waals surface area contributed by atoms with Crippen molar-refractivity contribution in [2.24, 2.45) is 14.1 Å². The topological polar surface area (TPSA) is 59.4 Å². The molecule has 2 aromatic heterocycles. The molecule has 0 aliphatic rings. The minimum absolute atomic E-state index is 0.645. The van der Waals surface area contributed by atoms with E-state index < -0.39 is 0 Å². The summed E-state index contributed by atoms with van der Waals surface area (Å²) in [5.74, 6) is 0.887. The predicted octanol–water partition coefficient (Wildman–Crippen LogP) is 2.46. The van der Waals surface area contributed by atoms with E-state index in [1.54, 1.807) is 6.07 Å². The van der Waals surface area contributed by atoms with Crippen LogP contribution in [0.25, 0.3) is 22.4 Å². The summed E-state index contributed by atoms with van der Waals surface area (Å²) in [5.41, 5.74) is 5.60. The van der Waals surface area contributed by atoms with Crippen molar-refractivity contribution in [2.75, 3.05) is 0 Å². The van der Waals surface area contributed by atoms with Gasteiger partial charge in [0.1, 0.15) is 5.82 Å². The molecule has 3 rings (SSSR count). The number of fused-ring (bicyclic) bond motifs is 1. The van der Waals surface area contributed by atoms with Gasteiger partial charge in [-0.05, 0) is 32.0 Å². The number of nitriles is 1. The molecule has 0 amide bonds. The summed E-state index contributed by atoms with van der Waals surface area (Å²) in [7, 11) is 3.90. The lowest BCUT2D eigenvalue weighted by atomic mass is 10.2. The van der Waals surface area contributed by atoms with E-state index in [9.17, 15) is 0 Å². The maximum atomic E-state index is 9.01. The molecule has 0 fully saturated rings. The van der Waals surface area contributed by atoms with E-state index >= 15 is 0 Å². The highest BCUT2D eigenvalue weighted by atomic mass is 15.3. The molecule has 0 saturated heterocycles. The molecule has 0 saturated carbocycles. The van der Waals surface area contributed by atoms with E-state index in [2.05, 4.69) is 11.2 Å². The Bertz CT molecular complexity index is 861. The normalized spacial score (nSPS) is 10.9.